The van der Waals surface area contributed by atoms with Gasteiger partial charge < -0.3 is 9.47 Å². The number of benzene rings is 2. The molecule has 0 unspecified atom stereocenters. The summed E-state index contributed by atoms with van der Waals surface area (Å²) in [5.41, 5.74) is 1.75. The van der Waals surface area contributed by atoms with Crippen LogP contribution >= 0.6 is 11.3 Å². The Hall–Kier alpha value is -2.86. The second-order valence-electron chi connectivity index (χ2n) is 4.95. The quantitative estimate of drug-likeness (QED) is 0.714. The van der Waals surface area contributed by atoms with E-state index in [-0.39, 0.29) is 5.91 Å². The second-order valence-corrected chi connectivity index (χ2v) is 5.98. The number of methoxy groups -OCH3 is 2. The first-order valence-corrected chi connectivity index (χ1v) is 8.07. The molecule has 0 aliphatic rings. The van der Waals surface area contributed by atoms with E-state index in [0.29, 0.717) is 5.13 Å². The third-order valence-electron chi connectivity index (χ3n) is 3.37. The smallest absolute Gasteiger partial charge is 0.250 e. The van der Waals surface area contributed by atoms with Crippen molar-refractivity contribution < 1.29 is 14.3 Å². The first kappa shape index (κ1) is 16.0. The number of anilines is 1. The van der Waals surface area contributed by atoms with Crippen LogP contribution in [-0.4, -0.2) is 25.1 Å². The van der Waals surface area contributed by atoms with Crippen LogP contribution in [0.2, 0.25) is 0 Å². The number of nitrogens with zero attached hydrogens (tertiary/aromatic N) is 1. The molecule has 5 nitrogen and oxygen atoms in total. The minimum atomic E-state index is -0.225. The number of amides is 1. The summed E-state index contributed by atoms with van der Waals surface area (Å²) in [4.78, 5) is 16.4. The molecule has 0 bridgehead atoms. The van der Waals surface area contributed by atoms with Crippen LogP contribution in [0, 0.1) is 0 Å². The molecule has 0 atom stereocenters. The fraction of sp³-hybridized carbons (Fsp3) is 0.111. The molecule has 3 aromatic rings. The monoisotopic (exact) mass is 340 g/mol. The lowest BCUT2D eigenvalue weighted by molar-refractivity contribution is -0.111. The van der Waals surface area contributed by atoms with Crippen molar-refractivity contribution in [3.05, 3.63) is 54.1 Å². The van der Waals surface area contributed by atoms with Gasteiger partial charge in [0.05, 0.1) is 24.4 Å². The lowest BCUT2D eigenvalue weighted by Crippen LogP contribution is -2.07. The van der Waals surface area contributed by atoms with Gasteiger partial charge in [-0.3, -0.25) is 10.1 Å². The van der Waals surface area contributed by atoms with E-state index in [4.69, 9.17) is 9.47 Å². The van der Waals surface area contributed by atoms with Crippen molar-refractivity contribution >= 4 is 38.7 Å². The molecule has 6 heteroatoms. The van der Waals surface area contributed by atoms with Crippen LogP contribution in [0.3, 0.4) is 0 Å². The second kappa shape index (κ2) is 7.14. The van der Waals surface area contributed by atoms with Crippen LogP contribution in [0.1, 0.15) is 5.56 Å². The number of rotatable bonds is 5. The highest BCUT2D eigenvalue weighted by Gasteiger charge is 2.07. The molecule has 24 heavy (non-hydrogen) atoms. The molecule has 0 aliphatic carbocycles. The molecule has 0 fully saturated rings. The zero-order valence-electron chi connectivity index (χ0n) is 13.3. The van der Waals surface area contributed by atoms with Crippen molar-refractivity contribution in [2.24, 2.45) is 0 Å². The van der Waals surface area contributed by atoms with Gasteiger partial charge in [0.15, 0.2) is 5.13 Å². The standard InChI is InChI=1S/C18H16N2O3S/c1-22-13-6-3-12(4-7-13)5-10-17(21)20-18-19-15-9-8-14(23-2)11-16(15)24-18/h3-11H,1-2H3,(H,19,20,21)/b10-5-. The predicted molar refractivity (Wildman–Crippen MR) is 96.8 cm³/mol. The van der Waals surface area contributed by atoms with Crippen molar-refractivity contribution in [2.45, 2.75) is 0 Å². The van der Waals surface area contributed by atoms with Gasteiger partial charge in [0.1, 0.15) is 11.5 Å². The van der Waals surface area contributed by atoms with E-state index in [1.807, 2.05) is 42.5 Å². The lowest BCUT2D eigenvalue weighted by atomic mass is 10.2. The number of carbonyl (C=O) groups is 1. The number of hydrogen-bond donors (Lipinski definition) is 1. The molecule has 0 saturated carbocycles. The van der Waals surface area contributed by atoms with Crippen LogP contribution < -0.4 is 14.8 Å². The van der Waals surface area contributed by atoms with Crippen molar-refractivity contribution in [1.82, 2.24) is 4.98 Å². The summed E-state index contributed by atoms with van der Waals surface area (Å²) < 4.78 is 11.2. The van der Waals surface area contributed by atoms with Gasteiger partial charge in [-0.25, -0.2) is 4.98 Å². The molecule has 2 aromatic carbocycles. The number of fused-ring (bicyclic) bond motifs is 1. The Labute approximate surface area is 143 Å². The van der Waals surface area contributed by atoms with E-state index in [0.717, 1.165) is 27.3 Å². The molecule has 1 N–H and O–H groups in total. The number of ether oxygens (including phenoxy) is 2. The van der Waals surface area contributed by atoms with Gasteiger partial charge in [0, 0.05) is 6.08 Å². The van der Waals surface area contributed by atoms with E-state index >= 15 is 0 Å². The van der Waals surface area contributed by atoms with Crippen LogP contribution in [0.4, 0.5) is 5.13 Å². The zero-order chi connectivity index (χ0) is 16.9. The number of nitrogens with one attached hydrogen (secondary N) is 1. The molecule has 1 heterocycles. The summed E-state index contributed by atoms with van der Waals surface area (Å²) in [5, 5.41) is 3.34. The van der Waals surface area contributed by atoms with Crippen LogP contribution in [-0.2, 0) is 4.79 Å². The molecule has 1 amide bonds. The SMILES string of the molecule is COc1ccc(/C=C\C(=O)Nc2nc3ccc(OC)cc3s2)cc1. The largest absolute Gasteiger partial charge is 0.497 e. The Kier molecular flexibility index (Phi) is 4.77. The Morgan fingerprint density at radius 1 is 1.08 bits per heavy atom. The third kappa shape index (κ3) is 3.72. The molecule has 1 aromatic heterocycles. The van der Waals surface area contributed by atoms with Crippen LogP contribution in [0.5, 0.6) is 11.5 Å². The first-order chi connectivity index (χ1) is 11.7. The van der Waals surface area contributed by atoms with Gasteiger partial charge in [-0.15, -0.1) is 0 Å². The van der Waals surface area contributed by atoms with E-state index in [2.05, 4.69) is 10.3 Å². The fourth-order valence-corrected chi connectivity index (χ4v) is 3.02. The van der Waals surface area contributed by atoms with Gasteiger partial charge >= 0.3 is 0 Å². The average molecular weight is 340 g/mol. The van der Waals surface area contributed by atoms with Crippen LogP contribution in [0.25, 0.3) is 16.3 Å². The van der Waals surface area contributed by atoms with E-state index in [1.165, 1.54) is 17.4 Å². The van der Waals surface area contributed by atoms with Crippen molar-refractivity contribution in [1.29, 1.82) is 0 Å². The zero-order valence-corrected chi connectivity index (χ0v) is 14.1. The highest BCUT2D eigenvalue weighted by Crippen LogP contribution is 2.29. The topological polar surface area (TPSA) is 60.5 Å². The molecule has 0 radical (unpaired) electrons. The Morgan fingerprint density at radius 2 is 1.79 bits per heavy atom. The summed E-state index contributed by atoms with van der Waals surface area (Å²) in [6, 6.07) is 13.1. The number of hydrogen-bond acceptors (Lipinski definition) is 5. The minimum absolute atomic E-state index is 0.225. The maximum atomic E-state index is 12.0. The minimum Gasteiger partial charge on any atom is -0.497 e. The highest BCUT2D eigenvalue weighted by molar-refractivity contribution is 7.22. The summed E-state index contributed by atoms with van der Waals surface area (Å²) >= 11 is 1.41. The average Bonchev–Trinajstić information content (AvgIpc) is 3.01. The first-order valence-electron chi connectivity index (χ1n) is 7.25. The van der Waals surface area contributed by atoms with Gasteiger partial charge in [0.25, 0.3) is 0 Å². The molecule has 0 aliphatic heterocycles. The Morgan fingerprint density at radius 3 is 2.50 bits per heavy atom. The number of carbonyl (C=O) groups excluding carboxylic acids is 1. The number of thiazole rings is 1. The molecule has 3 rings (SSSR count). The number of aromatic nitrogens is 1. The van der Waals surface area contributed by atoms with Crippen LogP contribution in [0.15, 0.2) is 48.5 Å². The van der Waals surface area contributed by atoms with Crippen molar-refractivity contribution in [2.75, 3.05) is 19.5 Å². The molecule has 0 spiro atoms. The van der Waals surface area contributed by atoms with Crippen molar-refractivity contribution in [3.63, 3.8) is 0 Å². The van der Waals surface area contributed by atoms with Gasteiger partial charge in [-0.05, 0) is 42.0 Å². The molecular weight excluding hydrogens is 324 g/mol. The van der Waals surface area contributed by atoms with Gasteiger partial charge in [-0.1, -0.05) is 23.5 Å². The maximum absolute atomic E-state index is 12.0. The fourth-order valence-electron chi connectivity index (χ4n) is 2.12. The van der Waals surface area contributed by atoms with Gasteiger partial charge in [0.2, 0.25) is 5.91 Å². The molecular formula is C18H16N2O3S. The summed E-state index contributed by atoms with van der Waals surface area (Å²) in [7, 11) is 3.24. The van der Waals surface area contributed by atoms with E-state index in [9.17, 15) is 4.79 Å². The van der Waals surface area contributed by atoms with E-state index in [1.54, 1.807) is 20.3 Å². The Bertz CT molecular complexity index is 885. The molecule has 0 saturated heterocycles. The van der Waals surface area contributed by atoms with E-state index < -0.39 is 0 Å². The molecule has 122 valence electrons. The highest BCUT2D eigenvalue weighted by atomic mass is 32.1. The third-order valence-corrected chi connectivity index (χ3v) is 4.30. The van der Waals surface area contributed by atoms with Gasteiger partial charge in [-0.2, -0.15) is 0 Å². The predicted octanol–water partition coefficient (Wildman–Crippen LogP) is 3.97. The summed E-state index contributed by atoms with van der Waals surface area (Å²) in [5.74, 6) is 1.32. The normalized spacial score (nSPS) is 10.9. The van der Waals surface area contributed by atoms with Crippen molar-refractivity contribution in [3.8, 4) is 11.5 Å². The maximum Gasteiger partial charge on any atom is 0.250 e. The summed E-state index contributed by atoms with van der Waals surface area (Å²) in [6.45, 7) is 0. The summed E-state index contributed by atoms with van der Waals surface area (Å²) in [6.07, 6.45) is 3.22. The lowest BCUT2D eigenvalue weighted by Gasteiger charge is -1.99. The Balaban J connectivity index is 1.68.